The normalized spacial score (nSPS) is 20.3. The molecule has 9 heteroatoms. The molecule has 0 unspecified atom stereocenters. The van der Waals surface area contributed by atoms with Crippen molar-refractivity contribution in [3.63, 3.8) is 0 Å². The quantitative estimate of drug-likeness (QED) is 0.413. The lowest BCUT2D eigenvalue weighted by Crippen LogP contribution is -2.46. The van der Waals surface area contributed by atoms with E-state index in [4.69, 9.17) is 10.00 Å². The van der Waals surface area contributed by atoms with Crippen LogP contribution in [0.2, 0.25) is 0 Å². The number of hydrogen-bond acceptors (Lipinski definition) is 6. The lowest BCUT2D eigenvalue weighted by molar-refractivity contribution is -0.151. The Morgan fingerprint density at radius 1 is 1.32 bits per heavy atom. The van der Waals surface area contributed by atoms with Gasteiger partial charge in [-0.25, -0.2) is 4.79 Å². The highest BCUT2D eigenvalue weighted by Gasteiger charge is 2.54. The van der Waals surface area contributed by atoms with Gasteiger partial charge in [0.25, 0.3) is 11.8 Å². The van der Waals surface area contributed by atoms with Crippen molar-refractivity contribution < 1.29 is 23.9 Å². The zero-order valence-electron chi connectivity index (χ0n) is 15.2. The number of ether oxygens (including phenoxy) is 1. The molecule has 0 aromatic heterocycles. The van der Waals surface area contributed by atoms with Crippen molar-refractivity contribution in [2.75, 3.05) is 19.7 Å². The van der Waals surface area contributed by atoms with Gasteiger partial charge in [0.2, 0.25) is 0 Å². The standard InChI is InChI=1S/C19H20N4O5/c20-9-4-10-21-15(24)12-28-16(25)11-23-17(26)19(22-18(23)27)8-3-6-13-5-1-2-7-14(13)19/h1-2,5,7H,3-4,6,8,10-12H2,(H,21,24)(H,22,27)/t19-/m0/s1. The average Bonchev–Trinajstić information content (AvgIpc) is 2.92. The third-order valence-electron chi connectivity index (χ3n) is 4.86. The number of esters is 1. The number of benzene rings is 1. The van der Waals surface area contributed by atoms with Crippen molar-refractivity contribution in [2.24, 2.45) is 0 Å². The first-order chi connectivity index (χ1) is 13.5. The van der Waals surface area contributed by atoms with Crippen molar-refractivity contribution in [3.05, 3.63) is 35.4 Å². The summed E-state index contributed by atoms with van der Waals surface area (Å²) in [4.78, 5) is 49.8. The fourth-order valence-corrected chi connectivity index (χ4v) is 3.58. The molecule has 1 heterocycles. The van der Waals surface area contributed by atoms with Crippen LogP contribution in [-0.4, -0.2) is 48.4 Å². The first kappa shape index (κ1) is 19.4. The lowest BCUT2D eigenvalue weighted by Gasteiger charge is -2.33. The van der Waals surface area contributed by atoms with Crippen LogP contribution in [0.25, 0.3) is 0 Å². The Balaban J connectivity index is 1.63. The summed E-state index contributed by atoms with van der Waals surface area (Å²) in [7, 11) is 0. The third-order valence-corrected chi connectivity index (χ3v) is 4.86. The Hall–Kier alpha value is -3.41. The van der Waals surface area contributed by atoms with Gasteiger partial charge in [-0.2, -0.15) is 5.26 Å². The number of urea groups is 1. The molecule has 0 bridgehead atoms. The van der Waals surface area contributed by atoms with Gasteiger partial charge in [-0.15, -0.1) is 0 Å². The molecule has 1 spiro atoms. The van der Waals surface area contributed by atoms with Crippen LogP contribution >= 0.6 is 0 Å². The minimum absolute atomic E-state index is 0.145. The fraction of sp³-hybridized carbons (Fsp3) is 0.421. The molecule has 2 N–H and O–H groups in total. The van der Waals surface area contributed by atoms with E-state index in [2.05, 4.69) is 10.6 Å². The molecule has 9 nitrogen and oxygen atoms in total. The second-order valence-corrected chi connectivity index (χ2v) is 6.66. The molecule has 1 fully saturated rings. The number of nitrogens with one attached hydrogen (secondary N) is 2. The third kappa shape index (κ3) is 3.67. The molecule has 1 saturated heterocycles. The van der Waals surface area contributed by atoms with Crippen LogP contribution < -0.4 is 10.6 Å². The summed E-state index contributed by atoms with van der Waals surface area (Å²) in [5.74, 6) is -1.90. The van der Waals surface area contributed by atoms with Crippen molar-refractivity contribution in [1.29, 1.82) is 5.26 Å². The maximum absolute atomic E-state index is 13.0. The number of fused-ring (bicyclic) bond motifs is 2. The Morgan fingerprint density at radius 2 is 2.11 bits per heavy atom. The summed E-state index contributed by atoms with van der Waals surface area (Å²) >= 11 is 0. The van der Waals surface area contributed by atoms with Gasteiger partial charge in [0, 0.05) is 6.54 Å². The Bertz CT molecular complexity index is 862. The minimum atomic E-state index is -1.15. The van der Waals surface area contributed by atoms with E-state index in [-0.39, 0.29) is 13.0 Å². The zero-order chi connectivity index (χ0) is 20.1. The van der Waals surface area contributed by atoms with Crippen LogP contribution in [0.15, 0.2) is 24.3 Å². The second-order valence-electron chi connectivity index (χ2n) is 6.66. The number of hydrogen-bond donors (Lipinski definition) is 2. The molecule has 3 rings (SSSR count). The topological polar surface area (TPSA) is 129 Å². The van der Waals surface area contributed by atoms with E-state index < -0.39 is 42.5 Å². The zero-order valence-corrected chi connectivity index (χ0v) is 15.2. The van der Waals surface area contributed by atoms with E-state index in [9.17, 15) is 19.2 Å². The second kappa shape index (κ2) is 8.08. The highest BCUT2D eigenvalue weighted by molar-refractivity contribution is 6.09. The highest BCUT2D eigenvalue weighted by Crippen LogP contribution is 2.39. The summed E-state index contributed by atoms with van der Waals surface area (Å²) in [6.07, 6.45) is 2.17. The smallest absolute Gasteiger partial charge is 0.326 e. The predicted molar refractivity (Wildman–Crippen MR) is 95.5 cm³/mol. The van der Waals surface area contributed by atoms with Gasteiger partial charge in [0.15, 0.2) is 6.61 Å². The summed E-state index contributed by atoms with van der Waals surface area (Å²) < 4.78 is 4.83. The number of carbonyl (C=O) groups is 4. The van der Waals surface area contributed by atoms with Crippen molar-refractivity contribution >= 4 is 23.8 Å². The Kier molecular flexibility index (Phi) is 5.59. The molecule has 1 aromatic carbocycles. The molecule has 0 radical (unpaired) electrons. The SMILES string of the molecule is N#CCCNC(=O)COC(=O)CN1C(=O)N[C@]2(CCCc3ccccc32)C1=O. The van der Waals surface area contributed by atoms with Crippen molar-refractivity contribution in [2.45, 2.75) is 31.2 Å². The van der Waals surface area contributed by atoms with Gasteiger partial charge in [-0.05, 0) is 30.4 Å². The Labute approximate surface area is 161 Å². The molecule has 146 valence electrons. The van der Waals surface area contributed by atoms with E-state index >= 15 is 0 Å². The largest absolute Gasteiger partial charge is 0.454 e. The fourth-order valence-electron chi connectivity index (χ4n) is 3.58. The summed E-state index contributed by atoms with van der Waals surface area (Å²) in [5.41, 5.74) is 0.606. The van der Waals surface area contributed by atoms with Crippen LogP contribution in [0.3, 0.4) is 0 Å². The van der Waals surface area contributed by atoms with E-state index in [0.717, 1.165) is 28.9 Å². The highest BCUT2D eigenvalue weighted by atomic mass is 16.5. The molecule has 1 aliphatic carbocycles. The van der Waals surface area contributed by atoms with Crippen molar-refractivity contribution in [3.8, 4) is 6.07 Å². The van der Waals surface area contributed by atoms with Gasteiger partial charge >= 0.3 is 12.0 Å². The first-order valence-corrected chi connectivity index (χ1v) is 9.00. The number of carbonyl (C=O) groups excluding carboxylic acids is 4. The molecule has 0 saturated carbocycles. The van der Waals surface area contributed by atoms with Crippen LogP contribution in [0.1, 0.15) is 30.4 Å². The summed E-state index contributed by atoms with van der Waals surface area (Å²) in [5, 5.41) is 13.6. The molecular weight excluding hydrogens is 364 g/mol. The van der Waals surface area contributed by atoms with Crippen LogP contribution in [0.5, 0.6) is 0 Å². The minimum Gasteiger partial charge on any atom is -0.454 e. The van der Waals surface area contributed by atoms with Gasteiger partial charge in [0.1, 0.15) is 12.1 Å². The van der Waals surface area contributed by atoms with E-state index in [0.29, 0.717) is 6.42 Å². The van der Waals surface area contributed by atoms with E-state index in [1.54, 1.807) is 0 Å². The monoisotopic (exact) mass is 384 g/mol. The summed E-state index contributed by atoms with van der Waals surface area (Å²) in [6, 6.07) is 8.66. The van der Waals surface area contributed by atoms with Crippen LogP contribution in [0, 0.1) is 11.3 Å². The molecule has 1 aliphatic heterocycles. The number of nitriles is 1. The van der Waals surface area contributed by atoms with E-state index in [1.807, 2.05) is 30.3 Å². The number of aryl methyl sites for hydroxylation is 1. The predicted octanol–water partition coefficient (Wildman–Crippen LogP) is 0.343. The lowest BCUT2D eigenvalue weighted by atomic mass is 9.76. The van der Waals surface area contributed by atoms with Gasteiger partial charge in [-0.3, -0.25) is 19.3 Å². The van der Waals surface area contributed by atoms with Crippen molar-refractivity contribution in [1.82, 2.24) is 15.5 Å². The molecule has 2 aliphatic rings. The number of imide groups is 1. The number of amides is 4. The van der Waals surface area contributed by atoms with Gasteiger partial charge < -0.3 is 15.4 Å². The van der Waals surface area contributed by atoms with Crippen LogP contribution in [-0.2, 0) is 31.1 Å². The maximum Gasteiger partial charge on any atom is 0.326 e. The van der Waals surface area contributed by atoms with E-state index in [1.165, 1.54) is 0 Å². The molecular formula is C19H20N4O5. The average molecular weight is 384 g/mol. The van der Waals surface area contributed by atoms with Gasteiger partial charge in [-0.1, -0.05) is 24.3 Å². The van der Waals surface area contributed by atoms with Gasteiger partial charge in [0.05, 0.1) is 12.5 Å². The molecule has 1 atom stereocenters. The molecule has 1 aromatic rings. The summed E-state index contributed by atoms with van der Waals surface area (Å²) in [6.45, 7) is -0.955. The Morgan fingerprint density at radius 3 is 2.89 bits per heavy atom. The van der Waals surface area contributed by atoms with Crippen LogP contribution in [0.4, 0.5) is 4.79 Å². The first-order valence-electron chi connectivity index (χ1n) is 9.00. The number of nitrogens with zero attached hydrogens (tertiary/aromatic N) is 2. The molecule has 28 heavy (non-hydrogen) atoms. The molecule has 4 amide bonds. The maximum atomic E-state index is 13.0. The number of rotatable bonds is 6.